The second-order valence-electron chi connectivity index (χ2n) is 2.80. The Hall–Kier alpha value is -0.700. The van der Waals surface area contributed by atoms with E-state index in [1.165, 1.54) is 5.38 Å². The summed E-state index contributed by atoms with van der Waals surface area (Å²) in [4.78, 5) is 10.6. The van der Waals surface area contributed by atoms with Gasteiger partial charge in [0.05, 0.1) is 5.56 Å². The van der Waals surface area contributed by atoms with Gasteiger partial charge in [0.2, 0.25) is 10.0 Å². The smallest absolute Gasteiger partial charge is 0.336 e. The molecule has 0 saturated carbocycles. The van der Waals surface area contributed by atoms with Gasteiger partial charge in [-0.2, -0.15) is 0 Å². The summed E-state index contributed by atoms with van der Waals surface area (Å²) < 4.78 is 26.0. The van der Waals surface area contributed by atoms with E-state index in [0.29, 0.717) is 4.48 Å². The Morgan fingerprint density at radius 2 is 2.25 bits per heavy atom. The van der Waals surface area contributed by atoms with E-state index in [4.69, 9.17) is 5.11 Å². The molecule has 8 heteroatoms. The predicted octanol–water partition coefficient (Wildman–Crippen LogP) is 1.63. The molecule has 0 spiro atoms. The molecule has 0 fully saturated rings. The number of thiophene rings is 1. The molecular weight excluding hydrogens is 318 g/mol. The summed E-state index contributed by atoms with van der Waals surface area (Å²) >= 11 is 3.88. The Labute approximate surface area is 105 Å². The summed E-state index contributed by atoms with van der Waals surface area (Å²) in [6, 6.07) is 1.12. The lowest BCUT2D eigenvalue weighted by molar-refractivity contribution is 0.0697. The van der Waals surface area contributed by atoms with Gasteiger partial charge in [0, 0.05) is 16.4 Å². The summed E-state index contributed by atoms with van der Waals surface area (Å²) in [5.41, 5.74) is -0.0388. The monoisotopic (exact) mass is 325 g/mol. The molecule has 1 aromatic rings. The van der Waals surface area contributed by atoms with Crippen LogP contribution in [0.4, 0.5) is 0 Å². The molecule has 1 rings (SSSR count). The van der Waals surface area contributed by atoms with Crippen molar-refractivity contribution >= 4 is 43.3 Å². The van der Waals surface area contributed by atoms with E-state index in [-0.39, 0.29) is 16.3 Å². The lowest BCUT2D eigenvalue weighted by Crippen LogP contribution is -2.23. The average Bonchev–Trinajstić information content (AvgIpc) is 2.64. The molecular formula is C8H8BrNO4S2. The topological polar surface area (TPSA) is 83.5 Å². The van der Waals surface area contributed by atoms with Crippen molar-refractivity contribution in [3.63, 3.8) is 0 Å². The third-order valence-corrected chi connectivity index (χ3v) is 4.66. The van der Waals surface area contributed by atoms with Gasteiger partial charge in [-0.05, 0) is 6.07 Å². The first-order chi connectivity index (χ1) is 7.33. The number of sulfonamides is 1. The SMILES string of the molecule is C=C(Br)CNS(=O)(=O)c1cc(C(=O)O)cs1. The minimum atomic E-state index is -3.65. The van der Waals surface area contributed by atoms with Crippen LogP contribution < -0.4 is 4.72 Å². The first kappa shape index (κ1) is 13.4. The zero-order chi connectivity index (χ0) is 12.3. The van der Waals surface area contributed by atoms with Crippen LogP contribution in [0, 0.1) is 0 Å². The Balaban J connectivity index is 2.90. The van der Waals surface area contributed by atoms with Crippen molar-refractivity contribution in [3.8, 4) is 0 Å². The Morgan fingerprint density at radius 3 is 2.69 bits per heavy atom. The number of nitrogens with one attached hydrogen (secondary N) is 1. The number of carboxylic acid groups (broad SMARTS) is 1. The molecule has 0 aliphatic rings. The molecule has 0 aromatic carbocycles. The van der Waals surface area contributed by atoms with Gasteiger partial charge in [-0.1, -0.05) is 22.5 Å². The van der Waals surface area contributed by atoms with Gasteiger partial charge in [-0.3, -0.25) is 0 Å². The van der Waals surface area contributed by atoms with Crippen LogP contribution in [0.2, 0.25) is 0 Å². The molecule has 0 saturated heterocycles. The van der Waals surface area contributed by atoms with Crippen LogP contribution in [0.3, 0.4) is 0 Å². The summed E-state index contributed by atoms with van der Waals surface area (Å²) in [6.07, 6.45) is 0. The molecule has 0 aliphatic heterocycles. The van der Waals surface area contributed by atoms with Gasteiger partial charge < -0.3 is 5.11 Å². The summed E-state index contributed by atoms with van der Waals surface area (Å²) in [7, 11) is -3.65. The van der Waals surface area contributed by atoms with Gasteiger partial charge in [0.1, 0.15) is 4.21 Å². The van der Waals surface area contributed by atoms with Gasteiger partial charge in [-0.25, -0.2) is 17.9 Å². The van der Waals surface area contributed by atoms with E-state index in [1.807, 2.05) is 0 Å². The van der Waals surface area contributed by atoms with Crippen LogP contribution >= 0.6 is 27.3 Å². The van der Waals surface area contributed by atoms with Gasteiger partial charge in [-0.15, -0.1) is 11.3 Å². The molecule has 2 N–H and O–H groups in total. The quantitative estimate of drug-likeness (QED) is 0.861. The Morgan fingerprint density at radius 1 is 1.62 bits per heavy atom. The second kappa shape index (κ2) is 5.09. The Kier molecular flexibility index (Phi) is 4.25. The number of carboxylic acids is 1. The van der Waals surface area contributed by atoms with Gasteiger partial charge >= 0.3 is 5.97 Å². The molecule has 1 heterocycles. The maximum atomic E-state index is 11.6. The average molecular weight is 326 g/mol. The standard InChI is InChI=1S/C8H8BrNO4S2/c1-5(9)3-10-16(13,14)7-2-6(4-15-7)8(11)12/h2,4,10H,1,3H2,(H,11,12). The number of hydrogen-bond acceptors (Lipinski definition) is 4. The van der Waals surface area contributed by atoms with Crippen LogP contribution in [0.25, 0.3) is 0 Å². The minimum Gasteiger partial charge on any atom is -0.478 e. The third kappa shape index (κ3) is 3.41. The normalized spacial score (nSPS) is 11.3. The molecule has 0 bridgehead atoms. The number of hydrogen-bond donors (Lipinski definition) is 2. The molecule has 5 nitrogen and oxygen atoms in total. The fraction of sp³-hybridized carbons (Fsp3) is 0.125. The van der Waals surface area contributed by atoms with Crippen LogP contribution in [0.15, 0.2) is 26.7 Å². The third-order valence-electron chi connectivity index (χ3n) is 1.54. The molecule has 1 aromatic heterocycles. The van der Waals surface area contributed by atoms with E-state index < -0.39 is 16.0 Å². The molecule has 0 aliphatic carbocycles. The van der Waals surface area contributed by atoms with Crippen molar-refractivity contribution in [2.45, 2.75) is 4.21 Å². The summed E-state index contributed by atoms with van der Waals surface area (Å²) in [6.45, 7) is 3.54. The van der Waals surface area contributed by atoms with E-state index in [2.05, 4.69) is 27.2 Å². The van der Waals surface area contributed by atoms with Crippen LogP contribution in [-0.4, -0.2) is 26.0 Å². The largest absolute Gasteiger partial charge is 0.478 e. The maximum absolute atomic E-state index is 11.6. The molecule has 88 valence electrons. The van der Waals surface area contributed by atoms with Crippen molar-refractivity contribution in [2.75, 3.05) is 6.54 Å². The number of carbonyl (C=O) groups is 1. The van der Waals surface area contributed by atoms with Crippen LogP contribution in [0.1, 0.15) is 10.4 Å². The zero-order valence-corrected chi connectivity index (χ0v) is 11.2. The van der Waals surface area contributed by atoms with Crippen LogP contribution in [0.5, 0.6) is 0 Å². The first-order valence-electron chi connectivity index (χ1n) is 3.97. The van der Waals surface area contributed by atoms with E-state index in [9.17, 15) is 13.2 Å². The van der Waals surface area contributed by atoms with Crippen molar-refractivity contribution in [1.82, 2.24) is 4.72 Å². The van der Waals surface area contributed by atoms with Crippen molar-refractivity contribution in [2.24, 2.45) is 0 Å². The van der Waals surface area contributed by atoms with Gasteiger partial charge in [0.25, 0.3) is 0 Å². The number of aromatic carboxylic acids is 1. The van der Waals surface area contributed by atoms with Crippen molar-refractivity contribution in [3.05, 3.63) is 28.1 Å². The number of halogens is 1. The maximum Gasteiger partial charge on any atom is 0.336 e. The number of rotatable bonds is 5. The lowest BCUT2D eigenvalue weighted by Gasteiger charge is -2.02. The highest BCUT2D eigenvalue weighted by molar-refractivity contribution is 9.11. The minimum absolute atomic E-state index is 0.0290. The first-order valence-corrected chi connectivity index (χ1v) is 7.13. The molecule has 0 atom stereocenters. The van der Waals surface area contributed by atoms with E-state index in [1.54, 1.807) is 0 Å². The fourth-order valence-corrected chi connectivity index (χ4v) is 3.36. The van der Waals surface area contributed by atoms with Gasteiger partial charge in [0.15, 0.2) is 0 Å². The molecule has 16 heavy (non-hydrogen) atoms. The molecule has 0 unspecified atom stereocenters. The predicted molar refractivity (Wildman–Crippen MR) is 64.5 cm³/mol. The van der Waals surface area contributed by atoms with Crippen LogP contribution in [-0.2, 0) is 10.0 Å². The van der Waals surface area contributed by atoms with E-state index >= 15 is 0 Å². The highest BCUT2D eigenvalue weighted by atomic mass is 79.9. The lowest BCUT2D eigenvalue weighted by atomic mass is 10.4. The fourth-order valence-electron chi connectivity index (χ4n) is 0.814. The molecule has 0 amide bonds. The van der Waals surface area contributed by atoms with Crippen molar-refractivity contribution < 1.29 is 18.3 Å². The van der Waals surface area contributed by atoms with E-state index in [0.717, 1.165) is 17.4 Å². The highest BCUT2D eigenvalue weighted by Crippen LogP contribution is 2.20. The summed E-state index contributed by atoms with van der Waals surface area (Å²) in [5.74, 6) is -1.15. The second-order valence-corrected chi connectivity index (χ2v) is 6.83. The zero-order valence-electron chi connectivity index (χ0n) is 7.94. The summed E-state index contributed by atoms with van der Waals surface area (Å²) in [5, 5.41) is 9.93. The Bertz CT molecular complexity index is 520. The highest BCUT2D eigenvalue weighted by Gasteiger charge is 2.18. The van der Waals surface area contributed by atoms with Crippen molar-refractivity contribution in [1.29, 1.82) is 0 Å². The molecule has 0 radical (unpaired) electrons.